The van der Waals surface area contributed by atoms with Gasteiger partial charge in [0.15, 0.2) is 0 Å². The summed E-state index contributed by atoms with van der Waals surface area (Å²) in [7, 11) is 0. The Bertz CT molecular complexity index is 1090. The van der Waals surface area contributed by atoms with Gasteiger partial charge in [-0.3, -0.25) is 4.79 Å². The highest BCUT2D eigenvalue weighted by molar-refractivity contribution is 5.80. The number of carbonyl (C=O) groups is 1. The van der Waals surface area contributed by atoms with Crippen molar-refractivity contribution in [3.63, 3.8) is 0 Å². The van der Waals surface area contributed by atoms with E-state index in [1.807, 2.05) is 6.08 Å². The van der Waals surface area contributed by atoms with Crippen LogP contribution in [0.3, 0.4) is 0 Å². The molecule has 380 valence electrons. The van der Waals surface area contributed by atoms with Gasteiger partial charge < -0.3 is 20.6 Å². The second kappa shape index (κ2) is 54.7. The molecule has 0 aromatic heterocycles. The van der Waals surface area contributed by atoms with Gasteiger partial charge in [0.2, 0.25) is 5.91 Å². The van der Waals surface area contributed by atoms with Crippen molar-refractivity contribution in [2.45, 2.75) is 308 Å². The van der Waals surface area contributed by atoms with E-state index in [-0.39, 0.29) is 6.61 Å². The predicted molar refractivity (Wildman–Crippen MR) is 287 cm³/mol. The third-order valence-electron chi connectivity index (χ3n) is 13.1. The number of hydrogen-bond donors (Lipinski definition) is 4. The predicted octanol–water partition coefficient (Wildman–Crippen LogP) is 17.8. The molecule has 4 N–H and O–H groups in total. The SMILES string of the molecule is CCCCCCCCCCC/C=C\C/C=C\CCCCCCCCCCCCCCCCC(O)C(=O)NC(CO)C(O)/C=C/CC/C=C/CC/C=C/CCCCCCCCCCCCC. The lowest BCUT2D eigenvalue weighted by molar-refractivity contribution is -0.131. The smallest absolute Gasteiger partial charge is 0.249 e. The van der Waals surface area contributed by atoms with Crippen molar-refractivity contribution < 1.29 is 20.1 Å². The molecule has 3 atom stereocenters. The van der Waals surface area contributed by atoms with E-state index in [9.17, 15) is 20.1 Å². The van der Waals surface area contributed by atoms with Crippen LogP contribution in [0.25, 0.3) is 0 Å². The zero-order chi connectivity index (χ0) is 47.2. The van der Waals surface area contributed by atoms with Crippen LogP contribution in [0, 0.1) is 0 Å². The number of rotatable bonds is 52. The Morgan fingerprint density at radius 2 is 0.677 bits per heavy atom. The monoisotopic (exact) mass is 910 g/mol. The quantitative estimate of drug-likeness (QED) is 0.0362. The highest BCUT2D eigenvalue weighted by Gasteiger charge is 2.22. The van der Waals surface area contributed by atoms with Crippen molar-refractivity contribution in [3.8, 4) is 0 Å². The van der Waals surface area contributed by atoms with Crippen LogP contribution in [-0.4, -0.2) is 46.1 Å². The average molecular weight is 911 g/mol. The lowest BCUT2D eigenvalue weighted by Crippen LogP contribution is -2.48. The molecule has 0 spiro atoms. The van der Waals surface area contributed by atoms with Crippen LogP contribution < -0.4 is 5.32 Å². The Hall–Kier alpha value is -1.95. The Labute approximate surface area is 405 Å². The van der Waals surface area contributed by atoms with Crippen LogP contribution in [0.5, 0.6) is 0 Å². The molecule has 0 aromatic carbocycles. The second-order valence-electron chi connectivity index (χ2n) is 19.5. The fourth-order valence-electron chi connectivity index (χ4n) is 8.60. The molecule has 0 aliphatic heterocycles. The van der Waals surface area contributed by atoms with E-state index >= 15 is 0 Å². The van der Waals surface area contributed by atoms with Crippen molar-refractivity contribution in [3.05, 3.63) is 60.8 Å². The van der Waals surface area contributed by atoms with Crippen molar-refractivity contribution in [2.24, 2.45) is 0 Å². The zero-order valence-electron chi connectivity index (χ0n) is 43.4. The third-order valence-corrected chi connectivity index (χ3v) is 13.1. The summed E-state index contributed by atoms with van der Waals surface area (Å²) < 4.78 is 0. The first-order chi connectivity index (χ1) is 32.1. The highest BCUT2D eigenvalue weighted by atomic mass is 16.3. The van der Waals surface area contributed by atoms with Gasteiger partial charge in [-0.2, -0.15) is 0 Å². The Morgan fingerprint density at radius 1 is 0.385 bits per heavy atom. The van der Waals surface area contributed by atoms with Gasteiger partial charge in [-0.15, -0.1) is 0 Å². The molecule has 5 nitrogen and oxygen atoms in total. The molecular formula is C60H111NO4. The minimum Gasteiger partial charge on any atom is -0.394 e. The maximum absolute atomic E-state index is 12.5. The Balaban J connectivity index is 3.62. The van der Waals surface area contributed by atoms with Crippen molar-refractivity contribution in [1.82, 2.24) is 5.32 Å². The minimum atomic E-state index is -1.11. The van der Waals surface area contributed by atoms with Crippen molar-refractivity contribution in [2.75, 3.05) is 6.61 Å². The lowest BCUT2D eigenvalue weighted by atomic mass is 10.0. The standard InChI is InChI=1S/C60H111NO4/c1-3-5-7-9-11-13-15-17-19-21-23-25-26-27-28-29-30-31-32-33-35-37-39-41-43-45-47-49-51-53-55-59(64)60(65)61-57(56-62)58(63)54-52-50-48-46-44-42-40-38-36-34-24-22-20-18-16-14-12-10-8-6-4-2/h23,25,27-28,36,38,44,46,52,54,57-59,62-64H,3-22,24,26,29-35,37,39-43,45,47-51,53,55-56H2,1-2H3,(H,61,65)/b25-23-,28-27-,38-36+,46-44+,54-52+. The first-order valence-electron chi connectivity index (χ1n) is 28.6. The number of hydrogen-bond acceptors (Lipinski definition) is 4. The number of amides is 1. The number of nitrogens with one attached hydrogen (secondary N) is 1. The fraction of sp³-hybridized carbons (Fsp3) is 0.817. The molecule has 0 rings (SSSR count). The molecule has 5 heteroatoms. The van der Waals surface area contributed by atoms with Crippen LogP contribution in [0.4, 0.5) is 0 Å². The maximum atomic E-state index is 12.5. The van der Waals surface area contributed by atoms with Crippen LogP contribution in [0.15, 0.2) is 60.8 Å². The maximum Gasteiger partial charge on any atom is 0.249 e. The van der Waals surface area contributed by atoms with E-state index in [1.165, 1.54) is 218 Å². The summed E-state index contributed by atoms with van der Waals surface area (Å²) in [6.07, 6.45) is 74.4. The summed E-state index contributed by atoms with van der Waals surface area (Å²) >= 11 is 0. The summed E-state index contributed by atoms with van der Waals surface area (Å²) in [5.74, 6) is -0.516. The molecule has 0 heterocycles. The van der Waals surface area contributed by atoms with Crippen LogP contribution in [0.2, 0.25) is 0 Å². The summed E-state index contributed by atoms with van der Waals surface area (Å²) in [5, 5.41) is 33.3. The molecular weight excluding hydrogens is 799 g/mol. The van der Waals surface area contributed by atoms with Gasteiger partial charge in [-0.25, -0.2) is 0 Å². The lowest BCUT2D eigenvalue weighted by Gasteiger charge is -2.21. The number of carbonyl (C=O) groups excluding carboxylic acids is 1. The molecule has 0 aliphatic carbocycles. The summed E-state index contributed by atoms with van der Waals surface area (Å²) in [6, 6.07) is -0.824. The number of unbranched alkanes of at least 4 members (excludes halogenated alkanes) is 36. The average Bonchev–Trinajstić information content (AvgIpc) is 3.31. The normalized spacial score (nSPS) is 13.7. The zero-order valence-corrected chi connectivity index (χ0v) is 43.4. The van der Waals surface area contributed by atoms with Gasteiger partial charge in [0, 0.05) is 0 Å². The number of aliphatic hydroxyl groups is 3. The largest absolute Gasteiger partial charge is 0.394 e. The number of allylic oxidation sites excluding steroid dienone is 9. The van der Waals surface area contributed by atoms with Gasteiger partial charge in [0.25, 0.3) is 0 Å². The van der Waals surface area contributed by atoms with Gasteiger partial charge in [-0.1, -0.05) is 274 Å². The summed E-state index contributed by atoms with van der Waals surface area (Å²) in [6.45, 7) is 4.19. The van der Waals surface area contributed by atoms with E-state index in [0.29, 0.717) is 6.42 Å². The van der Waals surface area contributed by atoms with Gasteiger partial charge in [0.1, 0.15) is 6.10 Å². The Kier molecular flexibility index (Phi) is 53.0. The third kappa shape index (κ3) is 49.8. The fourth-order valence-corrected chi connectivity index (χ4v) is 8.60. The highest BCUT2D eigenvalue weighted by Crippen LogP contribution is 2.16. The van der Waals surface area contributed by atoms with E-state index in [2.05, 4.69) is 67.8 Å². The molecule has 0 fully saturated rings. The van der Waals surface area contributed by atoms with E-state index < -0.39 is 24.2 Å². The minimum absolute atomic E-state index is 0.382. The van der Waals surface area contributed by atoms with Crippen LogP contribution >= 0.6 is 0 Å². The van der Waals surface area contributed by atoms with E-state index in [4.69, 9.17) is 0 Å². The van der Waals surface area contributed by atoms with Gasteiger partial charge in [0.05, 0.1) is 18.8 Å². The van der Waals surface area contributed by atoms with Crippen molar-refractivity contribution >= 4 is 5.91 Å². The molecule has 0 radical (unpaired) electrons. The second-order valence-corrected chi connectivity index (χ2v) is 19.5. The summed E-state index contributed by atoms with van der Waals surface area (Å²) in [5.41, 5.74) is 0. The van der Waals surface area contributed by atoms with Crippen LogP contribution in [0.1, 0.15) is 290 Å². The molecule has 1 amide bonds. The first kappa shape index (κ1) is 63.0. The van der Waals surface area contributed by atoms with Gasteiger partial charge in [-0.05, 0) is 77.0 Å². The van der Waals surface area contributed by atoms with E-state index in [0.717, 1.165) is 51.4 Å². The molecule has 3 unspecified atom stereocenters. The van der Waals surface area contributed by atoms with Crippen molar-refractivity contribution in [1.29, 1.82) is 0 Å². The molecule has 0 aliphatic rings. The van der Waals surface area contributed by atoms with Crippen LogP contribution in [-0.2, 0) is 4.79 Å². The Morgan fingerprint density at radius 3 is 1.03 bits per heavy atom. The molecule has 0 saturated carbocycles. The molecule has 0 bridgehead atoms. The summed E-state index contributed by atoms with van der Waals surface area (Å²) in [4.78, 5) is 12.5. The number of aliphatic hydroxyl groups excluding tert-OH is 3. The van der Waals surface area contributed by atoms with E-state index in [1.54, 1.807) is 6.08 Å². The molecule has 0 saturated heterocycles. The van der Waals surface area contributed by atoms with Gasteiger partial charge >= 0.3 is 0 Å². The molecule has 0 aromatic rings. The topological polar surface area (TPSA) is 89.8 Å². The first-order valence-corrected chi connectivity index (χ1v) is 28.6. The molecule has 65 heavy (non-hydrogen) atoms.